The zero-order valence-electron chi connectivity index (χ0n) is 10.8. The van der Waals surface area contributed by atoms with Gasteiger partial charge < -0.3 is 4.98 Å². The summed E-state index contributed by atoms with van der Waals surface area (Å²) in [5, 5.41) is 0.651. The smallest absolute Gasteiger partial charge is 0.261 e. The van der Waals surface area contributed by atoms with E-state index in [1.54, 1.807) is 0 Å². The van der Waals surface area contributed by atoms with Crippen molar-refractivity contribution < 1.29 is 0 Å². The van der Waals surface area contributed by atoms with Gasteiger partial charge >= 0.3 is 0 Å². The standard InChI is InChI=1S/C12H17N3OS/c1-6(2)8-7-9(15-17-8)13-11(12(3,4)5)14-10(7)16/h6H,1-5H3,(H,13,14,15,16). The molecule has 4 nitrogen and oxygen atoms in total. The van der Waals surface area contributed by atoms with Crippen molar-refractivity contribution in [3.05, 3.63) is 21.1 Å². The molecular formula is C12H17N3OS. The maximum Gasteiger partial charge on any atom is 0.261 e. The van der Waals surface area contributed by atoms with Crippen LogP contribution in [0.25, 0.3) is 11.0 Å². The third kappa shape index (κ3) is 2.11. The predicted octanol–water partition coefficient (Wildman–Crippen LogP) is 2.80. The van der Waals surface area contributed by atoms with Crippen LogP contribution in [0.4, 0.5) is 0 Å². The second kappa shape index (κ2) is 3.91. The highest BCUT2D eigenvalue weighted by atomic mass is 32.1. The van der Waals surface area contributed by atoms with Crippen molar-refractivity contribution >= 4 is 22.6 Å². The van der Waals surface area contributed by atoms with Gasteiger partial charge in [0.15, 0.2) is 5.65 Å². The Morgan fingerprint density at radius 1 is 1.29 bits per heavy atom. The monoisotopic (exact) mass is 251 g/mol. The normalized spacial score (nSPS) is 12.6. The quantitative estimate of drug-likeness (QED) is 0.847. The highest BCUT2D eigenvalue weighted by Crippen LogP contribution is 2.26. The Morgan fingerprint density at radius 2 is 1.94 bits per heavy atom. The van der Waals surface area contributed by atoms with Gasteiger partial charge in [-0.3, -0.25) is 4.79 Å². The fourth-order valence-corrected chi connectivity index (χ4v) is 2.44. The van der Waals surface area contributed by atoms with Gasteiger partial charge in [0.05, 0.1) is 0 Å². The molecule has 0 amide bonds. The maximum atomic E-state index is 12.1. The molecule has 2 aromatic heterocycles. The van der Waals surface area contributed by atoms with Crippen molar-refractivity contribution in [2.45, 2.75) is 46.0 Å². The number of H-pyrrole nitrogens is 1. The largest absolute Gasteiger partial charge is 0.309 e. The molecule has 0 atom stereocenters. The Morgan fingerprint density at radius 3 is 2.47 bits per heavy atom. The topological polar surface area (TPSA) is 58.6 Å². The van der Waals surface area contributed by atoms with Crippen molar-refractivity contribution in [1.82, 2.24) is 14.3 Å². The van der Waals surface area contributed by atoms with E-state index in [2.05, 4.69) is 28.2 Å². The second-order valence-corrected chi connectivity index (χ2v) is 6.37. The van der Waals surface area contributed by atoms with Crippen LogP contribution in [0.5, 0.6) is 0 Å². The molecule has 0 aliphatic carbocycles. The zero-order valence-corrected chi connectivity index (χ0v) is 11.6. The van der Waals surface area contributed by atoms with Crippen LogP contribution in [0.2, 0.25) is 0 Å². The molecule has 5 heteroatoms. The number of rotatable bonds is 1. The lowest BCUT2D eigenvalue weighted by Gasteiger charge is -2.16. The van der Waals surface area contributed by atoms with E-state index in [1.165, 1.54) is 11.5 Å². The van der Waals surface area contributed by atoms with E-state index >= 15 is 0 Å². The van der Waals surface area contributed by atoms with E-state index in [9.17, 15) is 4.79 Å². The fourth-order valence-electron chi connectivity index (χ4n) is 1.64. The molecule has 2 rings (SSSR count). The zero-order chi connectivity index (χ0) is 12.8. The number of nitrogens with one attached hydrogen (secondary N) is 1. The second-order valence-electron chi connectivity index (χ2n) is 5.56. The number of hydrogen-bond donors (Lipinski definition) is 1. The molecule has 17 heavy (non-hydrogen) atoms. The lowest BCUT2D eigenvalue weighted by atomic mass is 9.95. The van der Waals surface area contributed by atoms with Gasteiger partial charge in [0.25, 0.3) is 5.56 Å². The van der Waals surface area contributed by atoms with Crippen LogP contribution in [-0.2, 0) is 5.41 Å². The summed E-state index contributed by atoms with van der Waals surface area (Å²) in [6.45, 7) is 10.2. The minimum absolute atomic E-state index is 0.0719. The molecule has 2 aromatic rings. The molecule has 0 bridgehead atoms. The molecule has 0 fully saturated rings. The van der Waals surface area contributed by atoms with Gasteiger partial charge in [0.1, 0.15) is 11.2 Å². The third-order valence-corrected chi connectivity index (χ3v) is 3.75. The van der Waals surface area contributed by atoms with Crippen LogP contribution >= 0.6 is 11.5 Å². The number of nitrogens with zero attached hydrogens (tertiary/aromatic N) is 2. The van der Waals surface area contributed by atoms with Crippen LogP contribution in [0.15, 0.2) is 4.79 Å². The maximum absolute atomic E-state index is 12.1. The first-order valence-electron chi connectivity index (χ1n) is 5.71. The Labute approximate surface area is 104 Å². The van der Waals surface area contributed by atoms with Crippen LogP contribution in [0.1, 0.15) is 51.2 Å². The van der Waals surface area contributed by atoms with Gasteiger partial charge in [-0.15, -0.1) is 0 Å². The highest BCUT2D eigenvalue weighted by Gasteiger charge is 2.21. The molecule has 2 heterocycles. The summed E-state index contributed by atoms with van der Waals surface area (Å²) in [5.74, 6) is 0.990. The first-order valence-corrected chi connectivity index (χ1v) is 6.48. The van der Waals surface area contributed by atoms with Crippen LogP contribution in [0, 0.1) is 0 Å². The van der Waals surface area contributed by atoms with Crippen LogP contribution in [0.3, 0.4) is 0 Å². The summed E-state index contributed by atoms with van der Waals surface area (Å²) in [6, 6.07) is 0. The molecule has 0 aromatic carbocycles. The van der Waals surface area contributed by atoms with Crippen LogP contribution in [-0.4, -0.2) is 14.3 Å². The van der Waals surface area contributed by atoms with Crippen molar-refractivity contribution in [1.29, 1.82) is 0 Å². The molecule has 92 valence electrons. The number of aromatic nitrogens is 3. The fraction of sp³-hybridized carbons (Fsp3) is 0.583. The lowest BCUT2D eigenvalue weighted by Crippen LogP contribution is -2.22. The van der Waals surface area contributed by atoms with Crippen molar-refractivity contribution in [2.75, 3.05) is 0 Å². The van der Waals surface area contributed by atoms with E-state index in [0.717, 1.165) is 4.88 Å². The molecule has 1 N–H and O–H groups in total. The van der Waals surface area contributed by atoms with E-state index in [-0.39, 0.29) is 11.0 Å². The minimum Gasteiger partial charge on any atom is -0.309 e. The number of aromatic amines is 1. The highest BCUT2D eigenvalue weighted by molar-refractivity contribution is 7.07. The number of fused-ring (bicyclic) bond motifs is 1. The van der Waals surface area contributed by atoms with E-state index in [1.807, 2.05) is 20.8 Å². The van der Waals surface area contributed by atoms with Crippen LogP contribution < -0.4 is 5.56 Å². The molecule has 0 radical (unpaired) electrons. The lowest BCUT2D eigenvalue weighted by molar-refractivity contribution is 0.546. The first-order chi connectivity index (χ1) is 7.80. The molecule has 0 aliphatic heterocycles. The summed E-state index contributed by atoms with van der Waals surface area (Å²) in [5.41, 5.74) is 0.333. The molecule has 0 unspecified atom stereocenters. The third-order valence-electron chi connectivity index (χ3n) is 2.61. The van der Waals surface area contributed by atoms with Crippen molar-refractivity contribution in [2.24, 2.45) is 0 Å². The summed E-state index contributed by atoms with van der Waals surface area (Å²) in [6.07, 6.45) is 0. The van der Waals surface area contributed by atoms with Gasteiger partial charge in [-0.25, -0.2) is 4.98 Å². The van der Waals surface area contributed by atoms with E-state index in [0.29, 0.717) is 22.8 Å². The van der Waals surface area contributed by atoms with Crippen molar-refractivity contribution in [3.63, 3.8) is 0 Å². The predicted molar refractivity (Wildman–Crippen MR) is 70.8 cm³/mol. The van der Waals surface area contributed by atoms with E-state index in [4.69, 9.17) is 0 Å². The summed E-state index contributed by atoms with van der Waals surface area (Å²) < 4.78 is 4.29. The Bertz CT molecular complexity index is 604. The van der Waals surface area contributed by atoms with Gasteiger partial charge in [0, 0.05) is 10.3 Å². The van der Waals surface area contributed by atoms with Gasteiger partial charge in [-0.2, -0.15) is 4.37 Å². The molecule has 0 saturated heterocycles. The molecular weight excluding hydrogens is 234 g/mol. The molecule has 0 saturated carbocycles. The number of hydrogen-bond acceptors (Lipinski definition) is 4. The van der Waals surface area contributed by atoms with E-state index < -0.39 is 0 Å². The Hall–Kier alpha value is -1.23. The Kier molecular flexibility index (Phi) is 2.81. The first kappa shape index (κ1) is 12.2. The van der Waals surface area contributed by atoms with Crippen molar-refractivity contribution in [3.8, 4) is 0 Å². The molecule has 0 spiro atoms. The average Bonchev–Trinajstić information content (AvgIpc) is 2.60. The molecule has 0 aliphatic rings. The summed E-state index contributed by atoms with van der Waals surface area (Å²) in [7, 11) is 0. The average molecular weight is 251 g/mol. The summed E-state index contributed by atoms with van der Waals surface area (Å²) >= 11 is 1.37. The Balaban J connectivity index is 2.75. The van der Waals surface area contributed by atoms with Gasteiger partial charge in [-0.05, 0) is 17.5 Å². The minimum atomic E-state index is -0.172. The SMILES string of the molecule is CC(C)c1snc2nc(C(C)(C)C)[nH]c(=O)c12. The summed E-state index contributed by atoms with van der Waals surface area (Å²) in [4.78, 5) is 20.4. The van der Waals surface area contributed by atoms with Gasteiger partial charge in [0.2, 0.25) is 0 Å². The van der Waals surface area contributed by atoms with Gasteiger partial charge in [-0.1, -0.05) is 34.6 Å².